The molecule has 0 atom stereocenters. The number of likely N-dealkylation sites (N-methyl/N-ethyl adjacent to an activating group) is 1. The first-order valence-corrected chi connectivity index (χ1v) is 9.27. The maximum atomic E-state index is 13.4. The number of hydrogen-bond acceptors (Lipinski definition) is 3. The van der Waals surface area contributed by atoms with E-state index in [-0.39, 0.29) is 22.6 Å². The lowest BCUT2D eigenvalue weighted by Gasteiger charge is -2.39. The van der Waals surface area contributed by atoms with E-state index >= 15 is 0 Å². The maximum Gasteiger partial charge on any atom is 0.471 e. The molecule has 0 saturated heterocycles. The van der Waals surface area contributed by atoms with Crippen LogP contribution in [0.15, 0.2) is 53.0 Å². The standard InChI is InChI=1S/C21H18F6N2O3/c1-19(2)14(11-28(3)18(31)21(25,26)27)17(29-9-5-4-6-16(29)30)13-10-12(20(22,23)24)7-8-15(13)32-19/h4-10H,11H2,1-3H3. The van der Waals surface area contributed by atoms with Gasteiger partial charge in [-0.1, -0.05) is 6.07 Å². The number of ether oxygens (including phenoxy) is 1. The van der Waals surface area contributed by atoms with Crippen LogP contribution in [0.3, 0.4) is 0 Å². The second kappa shape index (κ2) is 7.72. The fraction of sp³-hybridized carbons (Fsp3) is 0.333. The number of benzene rings is 1. The fourth-order valence-corrected chi connectivity index (χ4v) is 3.44. The van der Waals surface area contributed by atoms with Crippen molar-refractivity contribution in [3.63, 3.8) is 0 Å². The molecule has 32 heavy (non-hydrogen) atoms. The lowest BCUT2D eigenvalue weighted by Crippen LogP contribution is -2.45. The van der Waals surface area contributed by atoms with Crippen LogP contribution in [0.25, 0.3) is 5.70 Å². The minimum Gasteiger partial charge on any atom is -0.483 e. The Morgan fingerprint density at radius 2 is 1.75 bits per heavy atom. The zero-order valence-corrected chi connectivity index (χ0v) is 17.1. The van der Waals surface area contributed by atoms with Crippen molar-refractivity contribution >= 4 is 11.6 Å². The molecule has 1 aliphatic heterocycles. The summed E-state index contributed by atoms with van der Waals surface area (Å²) in [7, 11) is 0.909. The first-order chi connectivity index (χ1) is 14.6. The molecule has 0 radical (unpaired) electrons. The molecule has 0 aliphatic carbocycles. The van der Waals surface area contributed by atoms with Gasteiger partial charge in [-0.2, -0.15) is 26.3 Å². The van der Waals surface area contributed by atoms with Gasteiger partial charge in [0.25, 0.3) is 5.56 Å². The van der Waals surface area contributed by atoms with E-state index in [0.29, 0.717) is 4.90 Å². The molecule has 172 valence electrons. The molecular weight excluding hydrogens is 442 g/mol. The predicted molar refractivity (Wildman–Crippen MR) is 103 cm³/mol. The third kappa shape index (κ3) is 4.37. The number of nitrogens with zero attached hydrogens (tertiary/aromatic N) is 2. The summed E-state index contributed by atoms with van der Waals surface area (Å²) in [6.45, 7) is 2.34. The lowest BCUT2D eigenvalue weighted by atomic mass is 9.88. The van der Waals surface area contributed by atoms with Gasteiger partial charge in [0, 0.05) is 37.0 Å². The number of hydrogen-bond donors (Lipinski definition) is 0. The van der Waals surface area contributed by atoms with Gasteiger partial charge in [-0.25, -0.2) is 0 Å². The SMILES string of the molecule is CN(CC1=C(n2ccccc2=O)c2cc(C(F)(F)F)ccc2OC1(C)C)C(=O)C(F)(F)F. The Bertz CT molecular complexity index is 1150. The number of alkyl halides is 6. The third-order valence-electron chi connectivity index (χ3n) is 4.99. The molecule has 0 unspecified atom stereocenters. The molecule has 2 heterocycles. The Morgan fingerprint density at radius 1 is 1.09 bits per heavy atom. The van der Waals surface area contributed by atoms with E-state index in [1.807, 2.05) is 0 Å². The highest BCUT2D eigenvalue weighted by molar-refractivity contribution is 5.83. The van der Waals surface area contributed by atoms with Crippen LogP contribution in [0, 0.1) is 0 Å². The van der Waals surface area contributed by atoms with Crippen LogP contribution in [-0.4, -0.2) is 40.7 Å². The molecule has 1 amide bonds. The normalized spacial score (nSPS) is 15.8. The predicted octanol–water partition coefficient (Wildman–Crippen LogP) is 4.32. The van der Waals surface area contributed by atoms with Gasteiger partial charge < -0.3 is 9.64 Å². The second-order valence-corrected chi connectivity index (χ2v) is 7.72. The van der Waals surface area contributed by atoms with Crippen LogP contribution >= 0.6 is 0 Å². The van der Waals surface area contributed by atoms with Gasteiger partial charge in [-0.15, -0.1) is 0 Å². The zero-order valence-electron chi connectivity index (χ0n) is 17.1. The van der Waals surface area contributed by atoms with Crippen LogP contribution in [0.4, 0.5) is 26.3 Å². The van der Waals surface area contributed by atoms with E-state index in [1.54, 1.807) is 0 Å². The summed E-state index contributed by atoms with van der Waals surface area (Å²) >= 11 is 0. The zero-order chi connectivity index (χ0) is 24.1. The Hall–Kier alpha value is -3.24. The number of pyridine rings is 1. The molecule has 11 heteroatoms. The molecule has 1 aromatic heterocycles. The number of carbonyl (C=O) groups is 1. The minimum atomic E-state index is -5.15. The van der Waals surface area contributed by atoms with Gasteiger partial charge in [0.05, 0.1) is 11.3 Å². The largest absolute Gasteiger partial charge is 0.483 e. The van der Waals surface area contributed by atoms with Crippen molar-refractivity contribution in [2.24, 2.45) is 0 Å². The first-order valence-electron chi connectivity index (χ1n) is 9.27. The summed E-state index contributed by atoms with van der Waals surface area (Å²) in [6.07, 6.45) is -8.58. The minimum absolute atomic E-state index is 0.0160. The van der Waals surface area contributed by atoms with Crippen molar-refractivity contribution in [2.45, 2.75) is 31.8 Å². The third-order valence-corrected chi connectivity index (χ3v) is 4.99. The van der Waals surface area contributed by atoms with Crippen LogP contribution in [-0.2, 0) is 11.0 Å². The molecule has 0 N–H and O–H groups in total. The molecular formula is C21H18F6N2O3. The number of aromatic nitrogens is 1. The van der Waals surface area contributed by atoms with Gasteiger partial charge in [0.15, 0.2) is 0 Å². The number of halogens is 6. The van der Waals surface area contributed by atoms with Crippen molar-refractivity contribution in [1.82, 2.24) is 9.47 Å². The summed E-state index contributed by atoms with van der Waals surface area (Å²) in [6, 6.07) is 6.69. The highest BCUT2D eigenvalue weighted by Gasteiger charge is 2.44. The molecule has 1 aliphatic rings. The van der Waals surface area contributed by atoms with Crippen molar-refractivity contribution in [3.8, 4) is 5.75 Å². The Kier molecular flexibility index (Phi) is 5.65. The number of fused-ring (bicyclic) bond motifs is 1. The van der Waals surface area contributed by atoms with Crippen molar-refractivity contribution < 1.29 is 35.9 Å². The Balaban J connectivity index is 2.32. The maximum absolute atomic E-state index is 13.4. The van der Waals surface area contributed by atoms with E-state index < -0.39 is 41.5 Å². The van der Waals surface area contributed by atoms with Crippen LogP contribution in [0.5, 0.6) is 5.75 Å². The molecule has 3 rings (SSSR count). The topological polar surface area (TPSA) is 51.5 Å². The highest BCUT2D eigenvalue weighted by atomic mass is 19.4. The average molecular weight is 460 g/mol. The van der Waals surface area contributed by atoms with E-state index in [9.17, 15) is 35.9 Å². The van der Waals surface area contributed by atoms with Crippen molar-refractivity contribution in [2.75, 3.05) is 13.6 Å². The Morgan fingerprint density at radius 3 is 2.31 bits per heavy atom. The lowest BCUT2D eigenvalue weighted by molar-refractivity contribution is -0.183. The van der Waals surface area contributed by atoms with Gasteiger partial charge in [-0.3, -0.25) is 14.2 Å². The molecule has 0 fully saturated rings. The molecule has 5 nitrogen and oxygen atoms in total. The summed E-state index contributed by atoms with van der Waals surface area (Å²) in [4.78, 5) is 24.6. The monoisotopic (exact) mass is 460 g/mol. The quantitative estimate of drug-likeness (QED) is 0.642. The van der Waals surface area contributed by atoms with Gasteiger partial charge in [0.1, 0.15) is 11.4 Å². The van der Waals surface area contributed by atoms with Gasteiger partial charge >= 0.3 is 18.3 Å². The van der Waals surface area contributed by atoms with Crippen LogP contribution in [0.2, 0.25) is 0 Å². The second-order valence-electron chi connectivity index (χ2n) is 7.72. The van der Waals surface area contributed by atoms with Crippen molar-refractivity contribution in [3.05, 3.63) is 69.6 Å². The highest BCUT2D eigenvalue weighted by Crippen LogP contribution is 2.44. The Labute approximate surface area is 178 Å². The molecule has 0 spiro atoms. The molecule has 0 saturated carbocycles. The van der Waals surface area contributed by atoms with Crippen LogP contribution < -0.4 is 10.3 Å². The first kappa shape index (κ1) is 23.4. The number of amides is 1. The fourth-order valence-electron chi connectivity index (χ4n) is 3.44. The number of rotatable bonds is 3. The van der Waals surface area contributed by atoms with Crippen LogP contribution in [0.1, 0.15) is 25.0 Å². The molecule has 0 bridgehead atoms. The average Bonchev–Trinajstić information content (AvgIpc) is 2.66. The van der Waals surface area contributed by atoms with E-state index in [1.165, 1.54) is 32.2 Å². The van der Waals surface area contributed by atoms with Gasteiger partial charge in [0.2, 0.25) is 0 Å². The molecule has 1 aromatic carbocycles. The summed E-state index contributed by atoms with van der Waals surface area (Å²) in [5.74, 6) is -2.13. The summed E-state index contributed by atoms with van der Waals surface area (Å²) in [5, 5.41) is 0. The van der Waals surface area contributed by atoms with E-state index in [2.05, 4.69) is 0 Å². The van der Waals surface area contributed by atoms with E-state index in [0.717, 1.165) is 35.9 Å². The smallest absolute Gasteiger partial charge is 0.471 e. The van der Waals surface area contributed by atoms with Crippen molar-refractivity contribution in [1.29, 1.82) is 0 Å². The van der Waals surface area contributed by atoms with Gasteiger partial charge in [-0.05, 0) is 38.1 Å². The summed E-state index contributed by atoms with van der Waals surface area (Å²) in [5.41, 5.74) is -3.17. The summed E-state index contributed by atoms with van der Waals surface area (Å²) < 4.78 is 85.7. The van der Waals surface area contributed by atoms with E-state index in [4.69, 9.17) is 4.74 Å². The number of carbonyl (C=O) groups excluding carboxylic acids is 1. The molecule has 2 aromatic rings.